The number of piperidine rings is 1. The lowest BCUT2D eigenvalue weighted by Crippen LogP contribution is -2.48. The molecule has 126 valence electrons. The average molecular weight is 327 g/mol. The van der Waals surface area contributed by atoms with Crippen molar-refractivity contribution in [2.75, 3.05) is 29.0 Å². The summed E-state index contributed by atoms with van der Waals surface area (Å²) in [4.78, 5) is 26.7. The van der Waals surface area contributed by atoms with E-state index in [-0.39, 0.29) is 17.1 Å². The van der Waals surface area contributed by atoms with Gasteiger partial charge in [-0.15, -0.1) is 0 Å². The van der Waals surface area contributed by atoms with Crippen molar-refractivity contribution < 1.29 is 4.79 Å². The summed E-state index contributed by atoms with van der Waals surface area (Å²) in [5.41, 5.74) is 12.7. The number of carbonyl (C=O) groups is 1. The number of hydrogen-bond acceptors (Lipinski definition) is 7. The predicted molar refractivity (Wildman–Crippen MR) is 92.7 cm³/mol. The van der Waals surface area contributed by atoms with Crippen LogP contribution in [0.5, 0.6) is 0 Å². The molecule has 2 aromatic rings. The molecular weight excluding hydrogens is 306 g/mol. The van der Waals surface area contributed by atoms with E-state index in [1.165, 1.54) is 12.4 Å². The summed E-state index contributed by atoms with van der Waals surface area (Å²) in [6.07, 6.45) is 6.27. The number of pyridine rings is 1. The van der Waals surface area contributed by atoms with Crippen molar-refractivity contribution in [2.24, 2.45) is 5.73 Å². The second-order valence-corrected chi connectivity index (χ2v) is 6.26. The molecule has 0 bridgehead atoms. The van der Waals surface area contributed by atoms with E-state index in [9.17, 15) is 4.79 Å². The van der Waals surface area contributed by atoms with Crippen molar-refractivity contribution in [1.29, 1.82) is 0 Å². The first-order valence-electron chi connectivity index (χ1n) is 7.83. The molecule has 24 heavy (non-hydrogen) atoms. The van der Waals surface area contributed by atoms with Crippen LogP contribution in [-0.4, -0.2) is 39.5 Å². The normalized spacial score (nSPS) is 16.7. The zero-order valence-electron chi connectivity index (χ0n) is 13.6. The maximum Gasteiger partial charge on any atom is 0.279 e. The summed E-state index contributed by atoms with van der Waals surface area (Å²) < 4.78 is 0. The summed E-state index contributed by atoms with van der Waals surface area (Å²) in [7, 11) is 0. The van der Waals surface area contributed by atoms with Gasteiger partial charge in [0, 0.05) is 37.2 Å². The number of carbonyl (C=O) groups excluding carboxylic acids is 1. The van der Waals surface area contributed by atoms with Crippen LogP contribution in [0.2, 0.25) is 0 Å². The molecule has 0 saturated carbocycles. The maximum atomic E-state index is 12.4. The lowest BCUT2D eigenvalue weighted by molar-refractivity contribution is 0.102. The highest BCUT2D eigenvalue weighted by molar-refractivity contribution is 6.06. The van der Waals surface area contributed by atoms with Gasteiger partial charge in [0.2, 0.25) is 0 Å². The first-order valence-corrected chi connectivity index (χ1v) is 7.83. The molecule has 3 rings (SSSR count). The van der Waals surface area contributed by atoms with Crippen LogP contribution < -0.4 is 21.7 Å². The van der Waals surface area contributed by atoms with Crippen molar-refractivity contribution in [3.8, 4) is 0 Å². The maximum absolute atomic E-state index is 12.4. The number of nitrogens with zero attached hydrogens (tertiary/aromatic N) is 4. The zero-order valence-corrected chi connectivity index (χ0v) is 13.6. The number of rotatable bonds is 3. The van der Waals surface area contributed by atoms with Crippen LogP contribution in [-0.2, 0) is 0 Å². The Morgan fingerprint density at radius 2 is 1.92 bits per heavy atom. The number of anilines is 3. The van der Waals surface area contributed by atoms with Gasteiger partial charge in [-0.2, -0.15) is 0 Å². The second-order valence-electron chi connectivity index (χ2n) is 6.26. The topological polar surface area (TPSA) is 123 Å². The predicted octanol–water partition coefficient (Wildman–Crippen LogP) is 1.02. The number of nitrogens with one attached hydrogen (secondary N) is 1. The third-order valence-electron chi connectivity index (χ3n) is 4.21. The first-order chi connectivity index (χ1) is 11.5. The molecule has 5 N–H and O–H groups in total. The number of amides is 1. The van der Waals surface area contributed by atoms with Crippen molar-refractivity contribution in [3.63, 3.8) is 0 Å². The Labute approximate surface area is 140 Å². The van der Waals surface area contributed by atoms with Crippen LogP contribution >= 0.6 is 0 Å². The van der Waals surface area contributed by atoms with Gasteiger partial charge >= 0.3 is 0 Å². The van der Waals surface area contributed by atoms with Gasteiger partial charge in [-0.25, -0.2) is 15.0 Å². The van der Waals surface area contributed by atoms with Crippen LogP contribution in [0.1, 0.15) is 30.3 Å². The number of aromatic nitrogens is 3. The number of nitrogens with two attached hydrogens (primary N) is 2. The fourth-order valence-electron chi connectivity index (χ4n) is 2.70. The molecule has 3 heterocycles. The van der Waals surface area contributed by atoms with E-state index in [0.717, 1.165) is 31.6 Å². The largest absolute Gasteiger partial charge is 0.382 e. The van der Waals surface area contributed by atoms with E-state index >= 15 is 0 Å². The number of hydrogen-bond donors (Lipinski definition) is 3. The highest BCUT2D eigenvalue weighted by Gasteiger charge is 2.27. The molecule has 1 saturated heterocycles. The van der Waals surface area contributed by atoms with Gasteiger partial charge in [-0.1, -0.05) is 0 Å². The third-order valence-corrected chi connectivity index (χ3v) is 4.21. The molecule has 0 aromatic carbocycles. The second kappa shape index (κ2) is 6.40. The van der Waals surface area contributed by atoms with Crippen molar-refractivity contribution in [1.82, 2.24) is 15.0 Å². The lowest BCUT2D eigenvalue weighted by Gasteiger charge is -2.38. The molecule has 8 nitrogen and oxygen atoms in total. The molecule has 0 aliphatic carbocycles. The molecule has 8 heteroatoms. The fraction of sp³-hybridized carbons (Fsp3) is 0.375. The minimum atomic E-state index is -0.429. The van der Waals surface area contributed by atoms with Crippen molar-refractivity contribution in [2.45, 2.75) is 25.3 Å². The average Bonchev–Trinajstić information content (AvgIpc) is 2.56. The van der Waals surface area contributed by atoms with E-state index in [1.807, 2.05) is 12.1 Å². The molecule has 0 unspecified atom stereocenters. The SMILES string of the molecule is CC1(N)CCN(c2cccnc2NC(=O)c2nccnc2N)CC1. The fourth-order valence-corrected chi connectivity index (χ4v) is 2.70. The summed E-state index contributed by atoms with van der Waals surface area (Å²) in [5.74, 6) is 0.138. The lowest BCUT2D eigenvalue weighted by atomic mass is 9.91. The Morgan fingerprint density at radius 3 is 2.62 bits per heavy atom. The van der Waals surface area contributed by atoms with Crippen LogP contribution in [0, 0.1) is 0 Å². The van der Waals surface area contributed by atoms with E-state index in [1.54, 1.807) is 6.20 Å². The van der Waals surface area contributed by atoms with Crippen LogP contribution in [0.25, 0.3) is 0 Å². The van der Waals surface area contributed by atoms with Crippen molar-refractivity contribution >= 4 is 23.2 Å². The van der Waals surface area contributed by atoms with E-state index < -0.39 is 5.91 Å². The minimum absolute atomic E-state index is 0.0854. The van der Waals surface area contributed by atoms with Crippen LogP contribution in [0.15, 0.2) is 30.7 Å². The zero-order chi connectivity index (χ0) is 17.2. The van der Waals surface area contributed by atoms with Gasteiger partial charge in [0.15, 0.2) is 17.3 Å². The van der Waals surface area contributed by atoms with Crippen LogP contribution in [0.3, 0.4) is 0 Å². The molecule has 1 aliphatic heterocycles. The minimum Gasteiger partial charge on any atom is -0.382 e. The summed E-state index contributed by atoms with van der Waals surface area (Å²) in [6, 6.07) is 3.78. The van der Waals surface area contributed by atoms with Gasteiger partial charge in [-0.05, 0) is 31.9 Å². The van der Waals surface area contributed by atoms with Gasteiger partial charge in [0.25, 0.3) is 5.91 Å². The summed E-state index contributed by atoms with van der Waals surface area (Å²) >= 11 is 0. The highest BCUT2D eigenvalue weighted by atomic mass is 16.2. The Hall–Kier alpha value is -2.74. The standard InChI is InChI=1S/C16H21N7O/c1-16(18)4-9-23(10-5-16)11-3-2-6-21-14(11)22-15(24)12-13(17)20-8-7-19-12/h2-3,6-8H,4-5,9-10,18H2,1H3,(H2,17,20)(H,21,22,24). The van der Waals surface area contributed by atoms with Gasteiger partial charge in [0.05, 0.1) is 5.69 Å². The Morgan fingerprint density at radius 1 is 1.21 bits per heavy atom. The Kier molecular flexibility index (Phi) is 4.30. The molecule has 0 spiro atoms. The monoisotopic (exact) mass is 327 g/mol. The van der Waals surface area contributed by atoms with Gasteiger partial charge in [0.1, 0.15) is 0 Å². The molecule has 2 aromatic heterocycles. The summed E-state index contributed by atoms with van der Waals surface area (Å²) in [5, 5.41) is 2.78. The Balaban J connectivity index is 1.80. The quantitative estimate of drug-likeness (QED) is 0.769. The molecule has 0 radical (unpaired) electrons. The van der Waals surface area contributed by atoms with Gasteiger partial charge in [-0.3, -0.25) is 4.79 Å². The highest BCUT2D eigenvalue weighted by Crippen LogP contribution is 2.29. The number of nitrogen functional groups attached to an aromatic ring is 1. The molecule has 1 aliphatic rings. The van der Waals surface area contributed by atoms with Crippen molar-refractivity contribution in [3.05, 3.63) is 36.4 Å². The molecule has 1 fully saturated rings. The van der Waals surface area contributed by atoms with Crippen LogP contribution in [0.4, 0.5) is 17.3 Å². The van der Waals surface area contributed by atoms with Gasteiger partial charge < -0.3 is 21.7 Å². The van der Waals surface area contributed by atoms with E-state index in [2.05, 4.69) is 32.1 Å². The van der Waals surface area contributed by atoms with E-state index in [0.29, 0.717) is 5.82 Å². The summed E-state index contributed by atoms with van der Waals surface area (Å²) in [6.45, 7) is 3.69. The Bertz CT molecular complexity index is 737. The molecule has 0 atom stereocenters. The smallest absolute Gasteiger partial charge is 0.279 e. The third kappa shape index (κ3) is 3.43. The molecular formula is C16H21N7O. The van der Waals surface area contributed by atoms with E-state index in [4.69, 9.17) is 11.5 Å². The molecule has 1 amide bonds. The first kappa shape index (κ1) is 16.1.